The molecule has 0 N–H and O–H groups in total. The molecule has 1 aliphatic carbocycles. The second kappa shape index (κ2) is 5.91. The standard InChI is InChI=1S/C16H19ClF2N2/c1-10(11-5-3-2-4-6-11)21-14-8-12(18)7-13(19)16(14)20-15(21)9-17/h7-8,10-11H,2-6,9H2,1H3. The van der Waals surface area contributed by atoms with Crippen LogP contribution in [0.15, 0.2) is 12.1 Å². The van der Waals surface area contributed by atoms with Gasteiger partial charge in [0.05, 0.1) is 11.4 Å². The Hall–Kier alpha value is -1.16. The summed E-state index contributed by atoms with van der Waals surface area (Å²) in [7, 11) is 0. The molecule has 0 amide bonds. The molecule has 1 aromatic heterocycles. The third kappa shape index (κ3) is 2.66. The Kier molecular flexibility index (Phi) is 4.16. The Morgan fingerprint density at radius 3 is 2.67 bits per heavy atom. The molecular formula is C16H19ClF2N2. The predicted molar refractivity (Wildman–Crippen MR) is 80.5 cm³/mol. The summed E-state index contributed by atoms with van der Waals surface area (Å²) in [5.41, 5.74) is 0.732. The van der Waals surface area contributed by atoms with Gasteiger partial charge in [-0.25, -0.2) is 13.8 Å². The predicted octanol–water partition coefficient (Wildman–Crippen LogP) is 5.19. The van der Waals surface area contributed by atoms with Crippen molar-refractivity contribution in [3.8, 4) is 0 Å². The number of nitrogens with zero attached hydrogens (tertiary/aromatic N) is 2. The Bertz CT molecular complexity index is 647. The summed E-state index contributed by atoms with van der Waals surface area (Å²) < 4.78 is 29.4. The van der Waals surface area contributed by atoms with E-state index in [9.17, 15) is 8.78 Å². The summed E-state index contributed by atoms with van der Waals surface area (Å²) in [5, 5.41) is 0. The van der Waals surface area contributed by atoms with E-state index < -0.39 is 11.6 Å². The second-order valence-corrected chi connectivity index (χ2v) is 6.19. The summed E-state index contributed by atoms with van der Waals surface area (Å²) in [5.74, 6) is 0.148. The lowest BCUT2D eigenvalue weighted by atomic mass is 9.84. The van der Waals surface area contributed by atoms with Gasteiger partial charge >= 0.3 is 0 Å². The molecule has 1 heterocycles. The molecule has 1 saturated carbocycles. The van der Waals surface area contributed by atoms with Crippen LogP contribution in [0.5, 0.6) is 0 Å². The van der Waals surface area contributed by atoms with Crippen molar-refractivity contribution in [2.24, 2.45) is 5.92 Å². The quantitative estimate of drug-likeness (QED) is 0.713. The van der Waals surface area contributed by atoms with Crippen molar-refractivity contribution >= 4 is 22.6 Å². The fourth-order valence-electron chi connectivity index (χ4n) is 3.54. The number of hydrogen-bond donors (Lipinski definition) is 0. The van der Waals surface area contributed by atoms with E-state index in [0.717, 1.165) is 18.9 Å². The number of benzene rings is 1. The van der Waals surface area contributed by atoms with E-state index in [1.807, 2.05) is 4.57 Å². The van der Waals surface area contributed by atoms with Gasteiger partial charge in [-0.05, 0) is 31.7 Å². The van der Waals surface area contributed by atoms with Crippen LogP contribution in [0.4, 0.5) is 8.78 Å². The van der Waals surface area contributed by atoms with Gasteiger partial charge in [-0.1, -0.05) is 19.3 Å². The lowest BCUT2D eigenvalue weighted by Crippen LogP contribution is -2.20. The molecule has 0 saturated heterocycles. The van der Waals surface area contributed by atoms with E-state index in [0.29, 0.717) is 17.3 Å². The van der Waals surface area contributed by atoms with Gasteiger partial charge in [0.25, 0.3) is 0 Å². The third-order valence-corrected chi connectivity index (χ3v) is 4.88. The van der Waals surface area contributed by atoms with Gasteiger partial charge in [0.2, 0.25) is 0 Å². The Labute approximate surface area is 128 Å². The summed E-state index contributed by atoms with van der Waals surface area (Å²) in [6, 6.07) is 2.40. The molecule has 1 aliphatic rings. The summed E-state index contributed by atoms with van der Waals surface area (Å²) in [4.78, 5) is 4.28. The molecule has 0 aliphatic heterocycles. The van der Waals surface area contributed by atoms with E-state index in [4.69, 9.17) is 11.6 Å². The van der Waals surface area contributed by atoms with Crippen LogP contribution in [-0.2, 0) is 5.88 Å². The van der Waals surface area contributed by atoms with Gasteiger partial charge in [-0.2, -0.15) is 0 Å². The maximum absolute atomic E-state index is 13.9. The van der Waals surface area contributed by atoms with Crippen molar-refractivity contribution in [1.29, 1.82) is 0 Å². The molecule has 114 valence electrons. The molecule has 5 heteroatoms. The number of hydrogen-bond acceptors (Lipinski definition) is 1. The number of imidazole rings is 1. The summed E-state index contributed by atoms with van der Waals surface area (Å²) in [6.45, 7) is 2.11. The highest BCUT2D eigenvalue weighted by atomic mass is 35.5. The highest BCUT2D eigenvalue weighted by Crippen LogP contribution is 2.36. The first kappa shape index (κ1) is 14.8. The fraction of sp³-hybridized carbons (Fsp3) is 0.562. The second-order valence-electron chi connectivity index (χ2n) is 5.93. The largest absolute Gasteiger partial charge is 0.324 e. The van der Waals surface area contributed by atoms with Gasteiger partial charge in [-0.15, -0.1) is 11.6 Å². The lowest BCUT2D eigenvalue weighted by Gasteiger charge is -2.30. The molecule has 1 aromatic carbocycles. The Morgan fingerprint density at radius 1 is 1.29 bits per heavy atom. The van der Waals surface area contributed by atoms with Crippen molar-refractivity contribution in [2.75, 3.05) is 0 Å². The minimum absolute atomic E-state index is 0.158. The van der Waals surface area contributed by atoms with Crippen LogP contribution in [0.25, 0.3) is 11.0 Å². The molecule has 1 fully saturated rings. The number of halogens is 3. The van der Waals surface area contributed by atoms with Crippen LogP contribution < -0.4 is 0 Å². The van der Waals surface area contributed by atoms with Crippen LogP contribution in [0.1, 0.15) is 50.9 Å². The van der Waals surface area contributed by atoms with Crippen molar-refractivity contribution in [3.63, 3.8) is 0 Å². The number of rotatable bonds is 3. The van der Waals surface area contributed by atoms with Crippen molar-refractivity contribution in [3.05, 3.63) is 29.6 Å². The summed E-state index contributed by atoms with van der Waals surface area (Å²) >= 11 is 5.98. The molecule has 0 bridgehead atoms. The molecule has 2 aromatic rings. The monoisotopic (exact) mass is 312 g/mol. The van der Waals surface area contributed by atoms with Crippen molar-refractivity contribution in [2.45, 2.75) is 50.9 Å². The fourth-order valence-corrected chi connectivity index (χ4v) is 3.73. The minimum Gasteiger partial charge on any atom is -0.324 e. The average molecular weight is 313 g/mol. The van der Waals surface area contributed by atoms with Gasteiger partial charge in [0.15, 0.2) is 5.82 Å². The van der Waals surface area contributed by atoms with Crippen molar-refractivity contribution in [1.82, 2.24) is 9.55 Å². The van der Waals surface area contributed by atoms with Gasteiger partial charge in [0.1, 0.15) is 17.2 Å². The van der Waals surface area contributed by atoms with Crippen LogP contribution in [-0.4, -0.2) is 9.55 Å². The smallest absolute Gasteiger partial charge is 0.153 e. The first-order valence-corrected chi connectivity index (χ1v) is 8.07. The maximum Gasteiger partial charge on any atom is 0.153 e. The number of aromatic nitrogens is 2. The minimum atomic E-state index is -0.619. The Balaban J connectivity index is 2.10. The van der Waals surface area contributed by atoms with Gasteiger partial charge < -0.3 is 4.57 Å². The Morgan fingerprint density at radius 2 is 2.00 bits per heavy atom. The number of alkyl halides is 1. The zero-order valence-corrected chi connectivity index (χ0v) is 12.8. The van der Waals surface area contributed by atoms with E-state index >= 15 is 0 Å². The number of fused-ring (bicyclic) bond motifs is 1. The molecule has 0 radical (unpaired) electrons. The highest BCUT2D eigenvalue weighted by molar-refractivity contribution is 6.16. The van der Waals surface area contributed by atoms with Crippen LogP contribution in [0.2, 0.25) is 0 Å². The van der Waals surface area contributed by atoms with Crippen LogP contribution in [0, 0.1) is 17.6 Å². The zero-order valence-electron chi connectivity index (χ0n) is 12.1. The third-order valence-electron chi connectivity index (χ3n) is 4.65. The molecule has 1 unspecified atom stereocenters. The molecule has 0 spiro atoms. The van der Waals surface area contributed by atoms with Crippen molar-refractivity contribution < 1.29 is 8.78 Å². The van der Waals surface area contributed by atoms with E-state index in [2.05, 4.69) is 11.9 Å². The topological polar surface area (TPSA) is 17.8 Å². The highest BCUT2D eigenvalue weighted by Gasteiger charge is 2.26. The van der Waals surface area contributed by atoms with Gasteiger partial charge in [0, 0.05) is 12.1 Å². The van der Waals surface area contributed by atoms with Crippen LogP contribution in [0.3, 0.4) is 0 Å². The molecule has 3 rings (SSSR count). The maximum atomic E-state index is 13.9. The molecule has 2 nitrogen and oxygen atoms in total. The summed E-state index contributed by atoms with van der Waals surface area (Å²) in [6.07, 6.45) is 6.03. The van der Waals surface area contributed by atoms with Crippen LogP contribution >= 0.6 is 11.6 Å². The zero-order chi connectivity index (χ0) is 15.0. The van der Waals surface area contributed by atoms with E-state index in [1.54, 1.807) is 0 Å². The normalized spacial score (nSPS) is 18.3. The first-order valence-electron chi connectivity index (χ1n) is 7.53. The molecule has 21 heavy (non-hydrogen) atoms. The van der Waals surface area contributed by atoms with E-state index in [-0.39, 0.29) is 17.4 Å². The SMILES string of the molecule is CC(C1CCCCC1)n1c(CCl)nc2c(F)cc(F)cc21. The molecular weight excluding hydrogens is 294 g/mol. The lowest BCUT2D eigenvalue weighted by molar-refractivity contribution is 0.265. The van der Waals surface area contributed by atoms with Gasteiger partial charge in [-0.3, -0.25) is 0 Å². The molecule has 1 atom stereocenters. The average Bonchev–Trinajstić information content (AvgIpc) is 2.86. The first-order chi connectivity index (χ1) is 10.1. The van der Waals surface area contributed by atoms with E-state index in [1.165, 1.54) is 25.3 Å².